The monoisotopic (exact) mass is 486 g/mol. The standard InChI is InChI=1S/C25H24F2N2O6/c26-25(27)18(20(25)22(30)29-19-9-10-34-21(19)23(31)32)11-28-24(33)35-12-17-15-7-3-1-5-13(15)14-6-2-4-8-16(14)17/h1-8,17-21H,9-12H2,(H,28,33)(H,29,30)(H,31,32)/t18-,19?,20-,21?/m0/s1. The number of nitrogens with one attached hydrogen (secondary N) is 2. The van der Waals surface area contributed by atoms with Crippen molar-refractivity contribution in [2.24, 2.45) is 11.8 Å². The first-order valence-electron chi connectivity index (χ1n) is 11.4. The Kier molecular flexibility index (Phi) is 5.92. The van der Waals surface area contributed by atoms with Gasteiger partial charge >= 0.3 is 12.1 Å². The molecule has 0 radical (unpaired) electrons. The third-order valence-corrected chi connectivity index (χ3v) is 6.96. The molecule has 10 heteroatoms. The van der Waals surface area contributed by atoms with Gasteiger partial charge in [-0.1, -0.05) is 48.5 Å². The largest absolute Gasteiger partial charge is 0.479 e. The van der Waals surface area contributed by atoms with E-state index in [-0.39, 0.29) is 25.6 Å². The van der Waals surface area contributed by atoms with Crippen molar-refractivity contribution in [1.29, 1.82) is 0 Å². The lowest BCUT2D eigenvalue weighted by Crippen LogP contribution is -2.45. The first-order valence-corrected chi connectivity index (χ1v) is 11.4. The van der Waals surface area contributed by atoms with Crippen molar-refractivity contribution >= 4 is 18.0 Å². The molecule has 1 aliphatic heterocycles. The molecule has 0 spiro atoms. The number of benzene rings is 2. The van der Waals surface area contributed by atoms with Crippen LogP contribution in [0.15, 0.2) is 48.5 Å². The average Bonchev–Trinajstić information content (AvgIpc) is 3.13. The van der Waals surface area contributed by atoms with Crippen molar-refractivity contribution in [3.8, 4) is 11.1 Å². The minimum absolute atomic E-state index is 0.0447. The van der Waals surface area contributed by atoms with Crippen LogP contribution in [0.3, 0.4) is 0 Å². The van der Waals surface area contributed by atoms with Gasteiger partial charge in [0.05, 0.1) is 12.0 Å². The number of halogens is 2. The number of carboxylic acids is 1. The predicted octanol–water partition coefficient (Wildman–Crippen LogP) is 2.76. The molecule has 1 saturated heterocycles. The second-order valence-corrected chi connectivity index (χ2v) is 9.00. The molecule has 0 aromatic heterocycles. The highest BCUT2D eigenvalue weighted by molar-refractivity contribution is 5.85. The fourth-order valence-corrected chi connectivity index (χ4v) is 5.10. The third kappa shape index (κ3) is 4.22. The van der Waals surface area contributed by atoms with Crippen LogP contribution in [0.5, 0.6) is 0 Å². The van der Waals surface area contributed by atoms with Gasteiger partial charge in [-0.3, -0.25) is 4.79 Å². The van der Waals surface area contributed by atoms with Crippen molar-refractivity contribution in [2.75, 3.05) is 19.8 Å². The van der Waals surface area contributed by atoms with Gasteiger partial charge < -0.3 is 25.2 Å². The van der Waals surface area contributed by atoms with Gasteiger partial charge in [0.15, 0.2) is 6.10 Å². The van der Waals surface area contributed by atoms with Crippen molar-refractivity contribution in [3.63, 3.8) is 0 Å². The van der Waals surface area contributed by atoms with Crippen LogP contribution < -0.4 is 10.6 Å². The Balaban J connectivity index is 1.14. The lowest BCUT2D eigenvalue weighted by Gasteiger charge is -2.16. The Morgan fingerprint density at radius 3 is 2.31 bits per heavy atom. The number of alkyl carbamates (subject to hydrolysis) is 1. The van der Waals surface area contributed by atoms with E-state index in [1.54, 1.807) is 0 Å². The van der Waals surface area contributed by atoms with Crippen LogP contribution in [0.2, 0.25) is 0 Å². The lowest BCUT2D eigenvalue weighted by atomic mass is 9.98. The molecular weight excluding hydrogens is 462 g/mol. The van der Waals surface area contributed by atoms with Crippen molar-refractivity contribution in [1.82, 2.24) is 10.6 Å². The maximum Gasteiger partial charge on any atom is 0.407 e. The van der Waals surface area contributed by atoms with E-state index < -0.39 is 54.4 Å². The summed E-state index contributed by atoms with van der Waals surface area (Å²) < 4.78 is 38.9. The Morgan fingerprint density at radius 1 is 1.06 bits per heavy atom. The molecule has 0 bridgehead atoms. The van der Waals surface area contributed by atoms with E-state index in [0.717, 1.165) is 22.3 Å². The van der Waals surface area contributed by atoms with Crippen LogP contribution >= 0.6 is 0 Å². The number of hydrogen-bond donors (Lipinski definition) is 3. The van der Waals surface area contributed by atoms with Crippen LogP contribution in [0.1, 0.15) is 23.5 Å². The number of carboxylic acid groups (broad SMARTS) is 1. The molecule has 2 aromatic carbocycles. The molecular formula is C25H24F2N2O6. The van der Waals surface area contributed by atoms with Crippen LogP contribution in [-0.4, -0.2) is 60.9 Å². The van der Waals surface area contributed by atoms with Gasteiger partial charge in [0.25, 0.3) is 5.92 Å². The highest BCUT2D eigenvalue weighted by Gasteiger charge is 2.71. The summed E-state index contributed by atoms with van der Waals surface area (Å²) in [5.74, 6) is -8.72. The quantitative estimate of drug-likeness (QED) is 0.555. The topological polar surface area (TPSA) is 114 Å². The Hall–Kier alpha value is -3.53. The highest BCUT2D eigenvalue weighted by atomic mass is 19.3. The van der Waals surface area contributed by atoms with Gasteiger partial charge in [0, 0.05) is 19.1 Å². The third-order valence-electron chi connectivity index (χ3n) is 6.96. The molecule has 1 heterocycles. The summed E-state index contributed by atoms with van der Waals surface area (Å²) in [6, 6.07) is 14.8. The van der Waals surface area contributed by atoms with Crippen LogP contribution in [0.4, 0.5) is 13.6 Å². The number of aliphatic carboxylic acids is 1. The number of fused-ring (bicyclic) bond motifs is 3. The zero-order valence-electron chi connectivity index (χ0n) is 18.6. The second-order valence-electron chi connectivity index (χ2n) is 9.00. The molecule has 2 aliphatic carbocycles. The average molecular weight is 486 g/mol. The molecule has 184 valence electrons. The van der Waals surface area contributed by atoms with Gasteiger partial charge in [-0.05, 0) is 28.7 Å². The van der Waals surface area contributed by atoms with E-state index >= 15 is 0 Å². The SMILES string of the molecule is O=C(NC[C@H]1[C@@H](C(=O)NC2CCOC2C(=O)O)C1(F)F)OCC1c2ccccc2-c2ccccc21. The number of ether oxygens (including phenoxy) is 2. The summed E-state index contributed by atoms with van der Waals surface area (Å²) in [7, 11) is 0. The molecule has 2 amide bonds. The van der Waals surface area contributed by atoms with E-state index in [1.807, 2.05) is 48.5 Å². The molecule has 35 heavy (non-hydrogen) atoms. The number of carbonyl (C=O) groups is 3. The fraction of sp³-hybridized carbons (Fsp3) is 0.400. The first-order chi connectivity index (χ1) is 16.8. The molecule has 3 N–H and O–H groups in total. The summed E-state index contributed by atoms with van der Waals surface area (Å²) in [5, 5.41) is 13.8. The summed E-state index contributed by atoms with van der Waals surface area (Å²) in [6.07, 6.45) is -1.88. The molecule has 2 aromatic rings. The van der Waals surface area contributed by atoms with Gasteiger partial charge in [0.2, 0.25) is 5.91 Å². The van der Waals surface area contributed by atoms with E-state index in [9.17, 15) is 23.2 Å². The van der Waals surface area contributed by atoms with E-state index in [2.05, 4.69) is 10.6 Å². The summed E-state index contributed by atoms with van der Waals surface area (Å²) in [4.78, 5) is 35.8. The first kappa shape index (κ1) is 23.2. The zero-order chi connectivity index (χ0) is 24.7. The molecule has 8 nitrogen and oxygen atoms in total. The van der Waals surface area contributed by atoms with E-state index in [1.165, 1.54) is 0 Å². The maximum atomic E-state index is 14.3. The van der Waals surface area contributed by atoms with Crippen LogP contribution in [0, 0.1) is 11.8 Å². The van der Waals surface area contributed by atoms with Gasteiger partial charge in [-0.25, -0.2) is 18.4 Å². The Labute approximate surface area is 199 Å². The molecule has 4 atom stereocenters. The zero-order valence-corrected chi connectivity index (χ0v) is 18.6. The van der Waals surface area contributed by atoms with Crippen LogP contribution in [0.25, 0.3) is 11.1 Å². The van der Waals surface area contributed by atoms with Crippen molar-refractivity contribution < 1.29 is 37.7 Å². The maximum absolute atomic E-state index is 14.3. The number of rotatable bonds is 7. The summed E-state index contributed by atoms with van der Waals surface area (Å²) >= 11 is 0. The minimum atomic E-state index is -3.31. The Bertz CT molecular complexity index is 1130. The van der Waals surface area contributed by atoms with Crippen molar-refractivity contribution in [3.05, 3.63) is 59.7 Å². The van der Waals surface area contributed by atoms with Crippen LogP contribution in [-0.2, 0) is 19.1 Å². The normalized spacial score (nSPS) is 25.9. The summed E-state index contributed by atoms with van der Waals surface area (Å²) in [5.41, 5.74) is 4.20. The molecule has 3 aliphatic rings. The molecule has 2 fully saturated rings. The number of hydrogen-bond acceptors (Lipinski definition) is 5. The Morgan fingerprint density at radius 2 is 1.69 bits per heavy atom. The van der Waals surface area contributed by atoms with Gasteiger partial charge in [0.1, 0.15) is 12.5 Å². The van der Waals surface area contributed by atoms with Gasteiger partial charge in [-0.15, -0.1) is 0 Å². The predicted molar refractivity (Wildman–Crippen MR) is 119 cm³/mol. The van der Waals surface area contributed by atoms with E-state index in [0.29, 0.717) is 0 Å². The number of amides is 2. The second kappa shape index (κ2) is 8.92. The van der Waals surface area contributed by atoms with E-state index in [4.69, 9.17) is 14.6 Å². The number of alkyl halides is 2. The van der Waals surface area contributed by atoms with Gasteiger partial charge in [-0.2, -0.15) is 0 Å². The summed E-state index contributed by atoms with van der Waals surface area (Å²) in [6.45, 7) is -0.274. The minimum Gasteiger partial charge on any atom is -0.479 e. The van der Waals surface area contributed by atoms with Crippen molar-refractivity contribution in [2.45, 2.75) is 30.4 Å². The highest BCUT2D eigenvalue weighted by Crippen LogP contribution is 2.55. The molecule has 2 unspecified atom stereocenters. The smallest absolute Gasteiger partial charge is 0.407 e. The number of carbonyl (C=O) groups excluding carboxylic acids is 2. The molecule has 5 rings (SSSR count). The molecule has 1 saturated carbocycles. The lowest BCUT2D eigenvalue weighted by molar-refractivity contribution is -0.148. The fourth-order valence-electron chi connectivity index (χ4n) is 5.10.